The molecular weight excluding hydrogens is 570 g/mol. The molecule has 4 amide bonds. The van der Waals surface area contributed by atoms with E-state index in [0.29, 0.717) is 30.6 Å². The van der Waals surface area contributed by atoms with Gasteiger partial charge in [0.2, 0.25) is 11.8 Å². The lowest BCUT2D eigenvalue weighted by Crippen LogP contribution is -2.55. The van der Waals surface area contributed by atoms with Gasteiger partial charge in [0.1, 0.15) is 6.04 Å². The van der Waals surface area contributed by atoms with Gasteiger partial charge in [-0.15, -0.1) is 0 Å². The van der Waals surface area contributed by atoms with Crippen LogP contribution in [0.1, 0.15) is 79.6 Å². The van der Waals surface area contributed by atoms with Crippen molar-refractivity contribution in [1.82, 2.24) is 36.4 Å². The molecule has 5 N–H and O–H groups in total. The van der Waals surface area contributed by atoms with Gasteiger partial charge in [-0.1, -0.05) is 50.2 Å². The molecule has 242 valence electrons. The molecule has 0 bridgehead atoms. The first-order chi connectivity index (χ1) is 21.5. The molecule has 2 aromatic carbocycles. The predicted octanol–water partition coefficient (Wildman–Crippen LogP) is 2.99. The summed E-state index contributed by atoms with van der Waals surface area (Å²) in [5.74, 6) is -1.26. The van der Waals surface area contributed by atoms with Crippen molar-refractivity contribution in [1.29, 1.82) is 0 Å². The second-order valence-corrected chi connectivity index (χ2v) is 11.5. The fourth-order valence-electron chi connectivity index (χ4n) is 4.79. The monoisotopic (exact) mass is 617 g/mol. The zero-order valence-electron chi connectivity index (χ0n) is 27.1. The highest BCUT2D eigenvalue weighted by atomic mass is 16.2. The Balaban J connectivity index is 1.67. The van der Waals surface area contributed by atoms with Crippen molar-refractivity contribution in [3.63, 3.8) is 0 Å². The van der Waals surface area contributed by atoms with Crippen LogP contribution >= 0.6 is 0 Å². The topological polar surface area (TPSA) is 146 Å². The Morgan fingerprint density at radius 2 is 1.47 bits per heavy atom. The minimum absolute atomic E-state index is 0.0846. The molecule has 45 heavy (non-hydrogen) atoms. The Morgan fingerprint density at radius 3 is 2.07 bits per heavy atom. The normalized spacial score (nSPS) is 13.8. The number of aryl methyl sites for hydroxylation is 1. The van der Waals surface area contributed by atoms with Crippen molar-refractivity contribution >= 4 is 23.6 Å². The van der Waals surface area contributed by atoms with E-state index in [1.807, 2.05) is 77.2 Å². The number of nitrogens with one attached hydrogen (secondary N) is 5. The smallest absolute Gasteiger partial charge is 0.251 e. The van der Waals surface area contributed by atoms with E-state index in [1.54, 1.807) is 35.9 Å². The maximum atomic E-state index is 13.4. The summed E-state index contributed by atoms with van der Waals surface area (Å²) in [6.07, 6.45) is 2.38. The summed E-state index contributed by atoms with van der Waals surface area (Å²) in [6, 6.07) is 16.2. The molecule has 0 fully saturated rings. The fraction of sp³-hybridized carbons (Fsp3) is 0.441. The van der Waals surface area contributed by atoms with Crippen molar-refractivity contribution in [2.45, 2.75) is 78.7 Å². The van der Waals surface area contributed by atoms with Crippen molar-refractivity contribution in [2.24, 2.45) is 5.92 Å². The van der Waals surface area contributed by atoms with Crippen LogP contribution in [0.5, 0.6) is 0 Å². The second-order valence-electron chi connectivity index (χ2n) is 11.5. The summed E-state index contributed by atoms with van der Waals surface area (Å²) in [6.45, 7) is 12.7. The van der Waals surface area contributed by atoms with Gasteiger partial charge < -0.3 is 26.6 Å². The maximum absolute atomic E-state index is 13.4. The van der Waals surface area contributed by atoms with E-state index in [-0.39, 0.29) is 41.6 Å². The third-order valence-corrected chi connectivity index (χ3v) is 7.49. The summed E-state index contributed by atoms with van der Waals surface area (Å²) < 4.78 is 1.80. The van der Waals surface area contributed by atoms with Crippen molar-refractivity contribution in [3.05, 3.63) is 89.2 Å². The number of rotatable bonds is 16. The van der Waals surface area contributed by atoms with Crippen LogP contribution in [0.2, 0.25) is 0 Å². The summed E-state index contributed by atoms with van der Waals surface area (Å²) in [4.78, 5) is 51.9. The Bertz CT molecular complexity index is 1420. The molecule has 0 aliphatic carbocycles. The molecule has 0 radical (unpaired) electrons. The lowest BCUT2D eigenvalue weighted by atomic mass is 10.0. The number of aromatic nitrogens is 2. The van der Waals surface area contributed by atoms with E-state index in [2.05, 4.69) is 31.7 Å². The summed E-state index contributed by atoms with van der Waals surface area (Å²) in [7, 11) is 0. The van der Waals surface area contributed by atoms with E-state index >= 15 is 0 Å². The number of benzene rings is 2. The summed E-state index contributed by atoms with van der Waals surface area (Å²) in [5.41, 5.74) is 2.48. The Kier molecular flexibility index (Phi) is 13.3. The molecule has 1 aromatic heterocycles. The van der Waals surface area contributed by atoms with Gasteiger partial charge in [0.05, 0.1) is 17.8 Å². The third kappa shape index (κ3) is 10.6. The molecule has 11 nitrogen and oxygen atoms in total. The molecule has 4 atom stereocenters. The largest absolute Gasteiger partial charge is 0.355 e. The van der Waals surface area contributed by atoms with Crippen LogP contribution in [0.15, 0.2) is 66.9 Å². The Hall–Kier alpha value is -4.51. The van der Waals surface area contributed by atoms with Crippen LogP contribution in [0.4, 0.5) is 0 Å². The SMILES string of the molecule is CCNC(=O)[C@@H](NC(=O)[C@H](C)NC[C@H](Cc1ccccc1)NC(=O)c1cccc(C(=O)NC(C)c2ccn(CC)n2)c1)C(C)C. The van der Waals surface area contributed by atoms with Gasteiger partial charge in [0, 0.05) is 43.0 Å². The number of carbonyl (C=O) groups is 4. The number of nitrogens with zero attached hydrogens (tertiary/aromatic N) is 2. The molecule has 0 aliphatic rings. The van der Waals surface area contributed by atoms with Crippen LogP contribution in [0, 0.1) is 5.92 Å². The fourth-order valence-corrected chi connectivity index (χ4v) is 4.79. The van der Waals surface area contributed by atoms with Gasteiger partial charge >= 0.3 is 0 Å². The minimum Gasteiger partial charge on any atom is -0.355 e. The molecular formula is C34H47N7O4. The number of likely N-dealkylation sites (N-methyl/N-ethyl adjacent to an activating group) is 1. The predicted molar refractivity (Wildman–Crippen MR) is 175 cm³/mol. The molecule has 3 rings (SSSR count). The zero-order chi connectivity index (χ0) is 32.9. The van der Waals surface area contributed by atoms with Crippen molar-refractivity contribution < 1.29 is 19.2 Å². The van der Waals surface area contributed by atoms with Gasteiger partial charge in [0.15, 0.2) is 0 Å². The quantitative estimate of drug-likeness (QED) is 0.167. The van der Waals surface area contributed by atoms with E-state index in [0.717, 1.165) is 17.8 Å². The number of hydrogen-bond donors (Lipinski definition) is 5. The van der Waals surface area contributed by atoms with E-state index in [9.17, 15) is 19.2 Å². The average Bonchev–Trinajstić information content (AvgIpc) is 3.52. The van der Waals surface area contributed by atoms with Gasteiger partial charge in [-0.05, 0) is 69.9 Å². The van der Waals surface area contributed by atoms with E-state index in [1.165, 1.54) is 0 Å². The van der Waals surface area contributed by atoms with Gasteiger partial charge in [0.25, 0.3) is 11.8 Å². The second kappa shape index (κ2) is 17.1. The van der Waals surface area contributed by atoms with Crippen molar-refractivity contribution in [3.8, 4) is 0 Å². The van der Waals surface area contributed by atoms with E-state index < -0.39 is 12.1 Å². The summed E-state index contributed by atoms with van der Waals surface area (Å²) in [5, 5.41) is 19.3. The first kappa shape index (κ1) is 35.0. The molecule has 0 spiro atoms. The highest BCUT2D eigenvalue weighted by molar-refractivity contribution is 6.00. The van der Waals surface area contributed by atoms with Crippen LogP contribution < -0.4 is 26.6 Å². The van der Waals surface area contributed by atoms with Crippen LogP contribution in [0.25, 0.3) is 0 Å². The van der Waals surface area contributed by atoms with E-state index in [4.69, 9.17) is 0 Å². The van der Waals surface area contributed by atoms with Crippen LogP contribution in [0.3, 0.4) is 0 Å². The van der Waals surface area contributed by atoms with Crippen molar-refractivity contribution in [2.75, 3.05) is 13.1 Å². The molecule has 0 saturated carbocycles. The standard InChI is InChI=1S/C34H47N7O4/c1-7-35-34(45)30(22(3)4)39-31(42)24(6)36-21-28(19-25-13-10-9-11-14-25)38-33(44)27-16-12-15-26(20-27)32(43)37-23(5)29-17-18-41(8-2)40-29/h9-18,20,22-24,28,30,36H,7-8,19,21H2,1-6H3,(H,35,45)(H,37,43)(H,38,44)(H,39,42)/t23?,24-,28-,30-/m0/s1. The van der Waals surface area contributed by atoms with Gasteiger partial charge in [-0.2, -0.15) is 5.10 Å². The van der Waals surface area contributed by atoms with Gasteiger partial charge in [-0.3, -0.25) is 23.9 Å². The van der Waals surface area contributed by atoms with Crippen LogP contribution in [-0.4, -0.2) is 64.6 Å². The first-order valence-electron chi connectivity index (χ1n) is 15.6. The first-order valence-corrected chi connectivity index (χ1v) is 15.6. The average molecular weight is 618 g/mol. The third-order valence-electron chi connectivity index (χ3n) is 7.49. The maximum Gasteiger partial charge on any atom is 0.251 e. The lowest BCUT2D eigenvalue weighted by molar-refractivity contribution is -0.130. The van der Waals surface area contributed by atoms with Gasteiger partial charge in [-0.25, -0.2) is 0 Å². The molecule has 3 aromatic rings. The summed E-state index contributed by atoms with van der Waals surface area (Å²) >= 11 is 0. The number of amides is 4. The molecule has 0 aliphatic heterocycles. The highest BCUT2D eigenvalue weighted by Gasteiger charge is 2.26. The Labute approximate surface area is 265 Å². The highest BCUT2D eigenvalue weighted by Crippen LogP contribution is 2.13. The molecule has 1 unspecified atom stereocenters. The number of hydrogen-bond acceptors (Lipinski definition) is 6. The number of carbonyl (C=O) groups excluding carboxylic acids is 4. The molecule has 11 heteroatoms. The van der Waals surface area contributed by atoms with Crippen LogP contribution in [-0.2, 0) is 22.6 Å². The molecule has 1 heterocycles. The Morgan fingerprint density at radius 1 is 0.800 bits per heavy atom. The molecule has 0 saturated heterocycles. The zero-order valence-corrected chi connectivity index (χ0v) is 27.1. The lowest BCUT2D eigenvalue weighted by Gasteiger charge is -2.25. The minimum atomic E-state index is -0.650.